The lowest BCUT2D eigenvalue weighted by Crippen LogP contribution is -2.03. The number of aromatic hydroxyl groups is 1. The van der Waals surface area contributed by atoms with Gasteiger partial charge < -0.3 is 5.11 Å². The molecule has 0 aliphatic heterocycles. The third kappa shape index (κ3) is 3.38. The zero-order chi connectivity index (χ0) is 14.8. The fourth-order valence-corrected chi connectivity index (χ4v) is 1.66. The Morgan fingerprint density at radius 1 is 1.05 bits per heavy atom. The zero-order valence-electron chi connectivity index (χ0n) is 10.6. The number of aryl methyl sites for hydroxylation is 1. The maximum atomic E-state index is 12.4. The van der Waals surface area contributed by atoms with Crippen LogP contribution in [0.5, 0.6) is 5.75 Å². The van der Waals surface area contributed by atoms with Crippen molar-refractivity contribution < 1.29 is 18.3 Å². The van der Waals surface area contributed by atoms with Crippen LogP contribution in [0.1, 0.15) is 16.7 Å². The van der Waals surface area contributed by atoms with Gasteiger partial charge in [0.15, 0.2) is 0 Å². The van der Waals surface area contributed by atoms with Gasteiger partial charge in [0.05, 0.1) is 11.3 Å². The Morgan fingerprint density at radius 3 is 2.30 bits per heavy atom. The van der Waals surface area contributed by atoms with Crippen molar-refractivity contribution in [3.63, 3.8) is 0 Å². The van der Waals surface area contributed by atoms with Crippen LogP contribution in [-0.2, 0) is 6.18 Å². The molecule has 0 amide bonds. The van der Waals surface area contributed by atoms with E-state index in [1.165, 1.54) is 18.3 Å². The first-order valence-corrected chi connectivity index (χ1v) is 5.87. The Labute approximate surface area is 114 Å². The van der Waals surface area contributed by atoms with Crippen LogP contribution < -0.4 is 0 Å². The molecule has 0 atom stereocenters. The summed E-state index contributed by atoms with van der Waals surface area (Å²) < 4.78 is 37.2. The van der Waals surface area contributed by atoms with Gasteiger partial charge in [0.2, 0.25) is 0 Å². The van der Waals surface area contributed by atoms with Crippen LogP contribution in [-0.4, -0.2) is 11.3 Å². The second-order valence-electron chi connectivity index (χ2n) is 4.37. The van der Waals surface area contributed by atoms with Crippen molar-refractivity contribution in [2.24, 2.45) is 4.99 Å². The Morgan fingerprint density at radius 2 is 1.70 bits per heavy atom. The van der Waals surface area contributed by atoms with Gasteiger partial charge in [0, 0.05) is 11.8 Å². The predicted molar refractivity (Wildman–Crippen MR) is 71.5 cm³/mol. The Hall–Kier alpha value is -2.30. The van der Waals surface area contributed by atoms with E-state index in [1.54, 1.807) is 18.2 Å². The highest BCUT2D eigenvalue weighted by Gasteiger charge is 2.29. The molecule has 20 heavy (non-hydrogen) atoms. The molecule has 0 saturated carbocycles. The minimum absolute atomic E-state index is 0.0752. The summed E-state index contributed by atoms with van der Waals surface area (Å²) in [5, 5.41) is 9.62. The third-order valence-corrected chi connectivity index (χ3v) is 2.73. The van der Waals surface area contributed by atoms with Gasteiger partial charge in [-0.3, -0.25) is 4.99 Å². The normalized spacial score (nSPS) is 12.0. The first kappa shape index (κ1) is 14.1. The molecule has 0 heterocycles. The average molecular weight is 279 g/mol. The van der Waals surface area contributed by atoms with E-state index in [-0.39, 0.29) is 5.75 Å². The highest BCUT2D eigenvalue weighted by Crippen LogP contribution is 2.30. The molecule has 104 valence electrons. The van der Waals surface area contributed by atoms with Crippen molar-refractivity contribution in [3.8, 4) is 5.75 Å². The Kier molecular flexibility index (Phi) is 3.79. The van der Waals surface area contributed by atoms with Gasteiger partial charge in [-0.1, -0.05) is 11.6 Å². The number of alkyl halides is 3. The van der Waals surface area contributed by atoms with Gasteiger partial charge in [-0.25, -0.2) is 0 Å². The summed E-state index contributed by atoms with van der Waals surface area (Å²) in [6, 6.07) is 9.56. The van der Waals surface area contributed by atoms with Crippen LogP contribution >= 0.6 is 0 Å². The minimum atomic E-state index is -4.35. The zero-order valence-corrected chi connectivity index (χ0v) is 10.6. The largest absolute Gasteiger partial charge is 0.507 e. The Bertz CT molecular complexity index is 631. The fraction of sp³-hybridized carbons (Fsp3) is 0.133. The van der Waals surface area contributed by atoms with Gasteiger partial charge in [-0.2, -0.15) is 13.2 Å². The Balaban J connectivity index is 2.21. The first-order valence-electron chi connectivity index (χ1n) is 5.87. The maximum Gasteiger partial charge on any atom is 0.416 e. The highest BCUT2D eigenvalue weighted by molar-refractivity contribution is 5.85. The molecule has 0 radical (unpaired) electrons. The molecule has 2 nitrogen and oxygen atoms in total. The summed E-state index contributed by atoms with van der Waals surface area (Å²) in [5.41, 5.74) is 1.15. The molecule has 0 aromatic heterocycles. The SMILES string of the molecule is Cc1ccc(O)c(C=Nc2ccc(C(F)(F)F)cc2)c1. The maximum absolute atomic E-state index is 12.4. The predicted octanol–water partition coefficient (Wildman–Crippen LogP) is 4.47. The van der Waals surface area contributed by atoms with E-state index in [4.69, 9.17) is 0 Å². The quantitative estimate of drug-likeness (QED) is 0.808. The van der Waals surface area contributed by atoms with Gasteiger partial charge in [0.1, 0.15) is 5.75 Å². The van der Waals surface area contributed by atoms with E-state index in [0.29, 0.717) is 11.3 Å². The van der Waals surface area contributed by atoms with E-state index in [2.05, 4.69) is 4.99 Å². The lowest BCUT2D eigenvalue weighted by molar-refractivity contribution is -0.137. The molecule has 2 rings (SSSR count). The number of hydrogen-bond acceptors (Lipinski definition) is 2. The summed E-state index contributed by atoms with van der Waals surface area (Å²) in [7, 11) is 0. The minimum Gasteiger partial charge on any atom is -0.507 e. The number of phenols is 1. The molecule has 2 aromatic carbocycles. The number of halogens is 3. The van der Waals surface area contributed by atoms with E-state index in [0.717, 1.165) is 17.7 Å². The lowest BCUT2D eigenvalue weighted by Gasteiger charge is -2.05. The summed E-state index contributed by atoms with van der Waals surface area (Å²) in [6.07, 6.45) is -2.93. The van der Waals surface area contributed by atoms with E-state index in [9.17, 15) is 18.3 Å². The number of nitrogens with zero attached hydrogens (tertiary/aromatic N) is 1. The molecule has 0 aliphatic carbocycles. The molecule has 2 aromatic rings. The number of rotatable bonds is 2. The van der Waals surface area contributed by atoms with Crippen LogP contribution in [0, 0.1) is 6.92 Å². The van der Waals surface area contributed by atoms with Crippen molar-refractivity contribution >= 4 is 11.9 Å². The molecule has 1 N–H and O–H groups in total. The van der Waals surface area contributed by atoms with Crippen molar-refractivity contribution in [3.05, 3.63) is 59.2 Å². The summed E-state index contributed by atoms with van der Waals surface area (Å²) in [5.74, 6) is 0.0752. The van der Waals surface area contributed by atoms with Crippen LogP contribution in [0.15, 0.2) is 47.5 Å². The molecule has 5 heteroatoms. The smallest absolute Gasteiger partial charge is 0.416 e. The number of benzene rings is 2. The molecular formula is C15H12F3NO. The molecule has 0 saturated heterocycles. The standard InChI is InChI=1S/C15H12F3NO/c1-10-2-7-14(20)11(8-10)9-19-13-5-3-12(4-6-13)15(16,17)18/h2-9,20H,1H3. The topological polar surface area (TPSA) is 32.6 Å². The van der Waals surface area contributed by atoms with Crippen LogP contribution in [0.2, 0.25) is 0 Å². The van der Waals surface area contributed by atoms with E-state index in [1.807, 2.05) is 6.92 Å². The van der Waals surface area contributed by atoms with Gasteiger partial charge in [0.25, 0.3) is 0 Å². The summed E-state index contributed by atoms with van der Waals surface area (Å²) >= 11 is 0. The van der Waals surface area contributed by atoms with Crippen molar-refractivity contribution in [1.29, 1.82) is 0 Å². The number of phenolic OH excluding ortho intramolecular Hbond substituents is 1. The number of aliphatic imine (C=N–C) groups is 1. The van der Waals surface area contributed by atoms with E-state index >= 15 is 0 Å². The second kappa shape index (κ2) is 5.36. The summed E-state index contributed by atoms with van der Waals surface area (Å²) in [4.78, 5) is 4.05. The fourth-order valence-electron chi connectivity index (χ4n) is 1.66. The molecule has 0 fully saturated rings. The first-order chi connectivity index (χ1) is 9.36. The van der Waals surface area contributed by atoms with Crippen LogP contribution in [0.4, 0.5) is 18.9 Å². The molecule has 0 aliphatic rings. The third-order valence-electron chi connectivity index (χ3n) is 2.73. The second-order valence-corrected chi connectivity index (χ2v) is 4.37. The van der Waals surface area contributed by atoms with Crippen LogP contribution in [0.3, 0.4) is 0 Å². The highest BCUT2D eigenvalue weighted by atomic mass is 19.4. The van der Waals surface area contributed by atoms with Gasteiger partial charge >= 0.3 is 6.18 Å². The van der Waals surface area contributed by atoms with Gasteiger partial charge in [-0.15, -0.1) is 0 Å². The van der Waals surface area contributed by atoms with Crippen molar-refractivity contribution in [2.45, 2.75) is 13.1 Å². The molecule has 0 spiro atoms. The lowest BCUT2D eigenvalue weighted by atomic mass is 10.1. The van der Waals surface area contributed by atoms with E-state index < -0.39 is 11.7 Å². The summed E-state index contributed by atoms with van der Waals surface area (Å²) in [6.45, 7) is 1.87. The molecular weight excluding hydrogens is 267 g/mol. The van der Waals surface area contributed by atoms with Crippen molar-refractivity contribution in [1.82, 2.24) is 0 Å². The van der Waals surface area contributed by atoms with Crippen molar-refractivity contribution in [2.75, 3.05) is 0 Å². The van der Waals surface area contributed by atoms with Gasteiger partial charge in [-0.05, 0) is 43.3 Å². The average Bonchev–Trinajstić information content (AvgIpc) is 2.39. The molecule has 0 unspecified atom stereocenters. The van der Waals surface area contributed by atoms with Crippen LogP contribution in [0.25, 0.3) is 0 Å². The number of hydrogen-bond donors (Lipinski definition) is 1. The monoisotopic (exact) mass is 279 g/mol. The molecule has 0 bridgehead atoms.